The molecule has 9 heavy (non-hydrogen) atoms. The molecule has 3 N–H and O–H groups in total. The van der Waals surface area contributed by atoms with Crippen LogP contribution in [0.4, 0.5) is 0 Å². The van der Waals surface area contributed by atoms with Gasteiger partial charge in [0.15, 0.2) is 0 Å². The van der Waals surface area contributed by atoms with Crippen molar-refractivity contribution in [2.24, 2.45) is 5.10 Å². The summed E-state index contributed by atoms with van der Waals surface area (Å²) >= 11 is 0. The monoisotopic (exact) mass is 128 g/mol. The largest absolute Gasteiger partial charge is 0.314 e. The lowest BCUT2D eigenvalue weighted by Crippen LogP contribution is -1.61. The van der Waals surface area contributed by atoms with Crippen molar-refractivity contribution in [3.63, 3.8) is 0 Å². The van der Waals surface area contributed by atoms with E-state index in [1.54, 1.807) is 6.34 Å². The molecule has 0 aromatic heterocycles. The molecule has 3 rings (SSSR count). The van der Waals surface area contributed by atoms with Crippen molar-refractivity contribution in [1.82, 2.24) is 16.1 Å². The molecule has 3 aliphatic rings. The molecule has 0 aromatic rings. The highest BCUT2D eigenvalue weighted by atomic mass is 15.4. The molecule has 0 unspecified atom stereocenters. The van der Waals surface area contributed by atoms with E-state index in [1.807, 2.05) is 0 Å². The van der Waals surface area contributed by atoms with Gasteiger partial charge in [-0.1, -0.05) is 0 Å². The summed E-state index contributed by atoms with van der Waals surface area (Å²) in [6.45, 7) is 5.00. The number of hydrazone groups is 1. The summed E-state index contributed by atoms with van der Waals surface area (Å²) in [5.41, 5.74) is 2.50. The number of nitrogens with zero attached hydrogens (tertiary/aromatic N) is 1. The first kappa shape index (κ1) is 6.51. The molecule has 0 radical (unpaired) electrons. The maximum absolute atomic E-state index is 3.38. The molecule has 0 amide bonds. The Morgan fingerprint density at radius 1 is 1.00 bits per heavy atom. The first-order valence-corrected chi connectivity index (χ1v) is 3.18. The van der Waals surface area contributed by atoms with Gasteiger partial charge in [0.25, 0.3) is 0 Å². The number of hydrogen-bond donors (Lipinski definition) is 3. The Kier molecular flexibility index (Phi) is 3.10. The van der Waals surface area contributed by atoms with Crippen molar-refractivity contribution in [3.8, 4) is 0 Å². The Morgan fingerprint density at radius 3 is 1.22 bits per heavy atom. The van der Waals surface area contributed by atoms with E-state index in [1.165, 1.54) is 26.2 Å². The molecule has 0 aliphatic carbocycles. The Morgan fingerprint density at radius 2 is 1.22 bits per heavy atom. The van der Waals surface area contributed by atoms with Crippen LogP contribution in [0.1, 0.15) is 0 Å². The minimum Gasteiger partial charge on any atom is -0.314 e. The number of rotatable bonds is 0. The maximum Gasteiger partial charge on any atom is 0.129 e. The van der Waals surface area contributed by atoms with Gasteiger partial charge in [0.1, 0.15) is 6.34 Å². The third-order valence-electron chi connectivity index (χ3n) is 0.629. The molecule has 4 heteroatoms. The van der Waals surface area contributed by atoms with Crippen molar-refractivity contribution in [1.29, 1.82) is 0 Å². The van der Waals surface area contributed by atoms with Gasteiger partial charge in [0.2, 0.25) is 0 Å². The van der Waals surface area contributed by atoms with E-state index in [-0.39, 0.29) is 0 Å². The van der Waals surface area contributed by atoms with E-state index < -0.39 is 0 Å². The van der Waals surface area contributed by atoms with Crippen LogP contribution in [-0.2, 0) is 0 Å². The molecular formula is C5H12N4. The van der Waals surface area contributed by atoms with Gasteiger partial charge in [-0.3, -0.25) is 5.43 Å². The summed E-state index contributed by atoms with van der Waals surface area (Å²) in [4.78, 5) is 0. The molecule has 2 saturated heterocycles. The van der Waals surface area contributed by atoms with Crippen LogP contribution in [0.5, 0.6) is 0 Å². The van der Waals surface area contributed by atoms with Crippen molar-refractivity contribution in [2.75, 3.05) is 26.2 Å². The third kappa shape index (κ3) is 37.6. The summed E-state index contributed by atoms with van der Waals surface area (Å²) in [6.07, 6.45) is 1.62. The summed E-state index contributed by atoms with van der Waals surface area (Å²) in [5.74, 6) is 0. The van der Waals surface area contributed by atoms with Crippen LogP contribution >= 0.6 is 0 Å². The van der Waals surface area contributed by atoms with Gasteiger partial charge < -0.3 is 10.6 Å². The zero-order valence-corrected chi connectivity index (χ0v) is 5.35. The molecular weight excluding hydrogens is 116 g/mol. The minimum atomic E-state index is 1.25. The molecule has 0 spiro atoms. The smallest absolute Gasteiger partial charge is 0.129 e. The summed E-state index contributed by atoms with van der Waals surface area (Å²) in [6, 6.07) is 0. The van der Waals surface area contributed by atoms with Crippen LogP contribution in [0.15, 0.2) is 5.10 Å². The first-order valence-electron chi connectivity index (χ1n) is 3.18. The van der Waals surface area contributed by atoms with Crippen molar-refractivity contribution in [3.05, 3.63) is 0 Å². The van der Waals surface area contributed by atoms with Gasteiger partial charge in [-0.2, -0.15) is 5.10 Å². The lowest BCUT2D eigenvalue weighted by Gasteiger charge is -1.29. The van der Waals surface area contributed by atoms with E-state index in [9.17, 15) is 0 Å². The van der Waals surface area contributed by atoms with Crippen molar-refractivity contribution < 1.29 is 0 Å². The SMILES string of the molecule is C1=NN1.C1CN1.C1CN1. The minimum absolute atomic E-state index is 1.25. The number of nitrogens with one attached hydrogen (secondary N) is 3. The van der Waals surface area contributed by atoms with E-state index in [2.05, 4.69) is 21.2 Å². The fourth-order valence-electron chi connectivity index (χ4n) is 0. The Labute approximate surface area is 54.7 Å². The molecule has 0 aromatic carbocycles. The fraction of sp³-hybridized carbons (Fsp3) is 0.800. The molecule has 3 aliphatic heterocycles. The molecule has 0 saturated carbocycles. The molecule has 3 heterocycles. The van der Waals surface area contributed by atoms with Gasteiger partial charge in [0.05, 0.1) is 0 Å². The second-order valence-electron chi connectivity index (χ2n) is 1.89. The maximum atomic E-state index is 3.38. The second-order valence-corrected chi connectivity index (χ2v) is 1.89. The third-order valence-corrected chi connectivity index (χ3v) is 0.629. The van der Waals surface area contributed by atoms with Gasteiger partial charge >= 0.3 is 0 Å². The summed E-state index contributed by atoms with van der Waals surface area (Å²) in [7, 11) is 0. The van der Waals surface area contributed by atoms with Gasteiger partial charge in [0, 0.05) is 26.2 Å². The highest BCUT2D eigenvalue weighted by molar-refractivity contribution is 5.64. The Balaban J connectivity index is 0.0000000675. The average Bonchev–Trinajstić information content (AvgIpc) is 2.70. The first-order chi connectivity index (χ1) is 4.50. The van der Waals surface area contributed by atoms with E-state index in [4.69, 9.17) is 0 Å². The standard InChI is InChI=1S/2C2H5N.CH2N2/c3*1-2-3-1/h2*3H,1-2H2;1H,(H,2,3). The molecule has 2 fully saturated rings. The normalized spacial score (nSPS) is 21.3. The average molecular weight is 128 g/mol. The van der Waals surface area contributed by atoms with Gasteiger partial charge in [-0.05, 0) is 0 Å². The lowest BCUT2D eigenvalue weighted by molar-refractivity contribution is 1.27. The van der Waals surface area contributed by atoms with Crippen molar-refractivity contribution in [2.45, 2.75) is 0 Å². The molecule has 0 atom stereocenters. The predicted octanol–water partition coefficient (Wildman–Crippen LogP) is -1.29. The highest BCUT2D eigenvalue weighted by Gasteiger charge is 1.91. The van der Waals surface area contributed by atoms with Crippen LogP contribution in [0.25, 0.3) is 0 Å². The predicted molar refractivity (Wildman–Crippen MR) is 37.4 cm³/mol. The lowest BCUT2D eigenvalue weighted by atomic mass is 11.0. The van der Waals surface area contributed by atoms with Crippen LogP contribution in [0.2, 0.25) is 0 Å². The number of hydrogen-bond acceptors (Lipinski definition) is 4. The molecule has 52 valence electrons. The van der Waals surface area contributed by atoms with Crippen LogP contribution in [-0.4, -0.2) is 32.5 Å². The van der Waals surface area contributed by atoms with E-state index >= 15 is 0 Å². The second kappa shape index (κ2) is 4.29. The van der Waals surface area contributed by atoms with E-state index in [0.717, 1.165) is 0 Å². The fourth-order valence-corrected chi connectivity index (χ4v) is 0. The van der Waals surface area contributed by atoms with E-state index in [0.29, 0.717) is 0 Å². The zero-order valence-electron chi connectivity index (χ0n) is 5.35. The van der Waals surface area contributed by atoms with Crippen LogP contribution in [0, 0.1) is 0 Å². The van der Waals surface area contributed by atoms with Gasteiger partial charge in [-0.15, -0.1) is 0 Å². The topological polar surface area (TPSA) is 78.2 Å². The zero-order chi connectivity index (χ0) is 6.36. The Hall–Kier alpha value is -0.610. The Bertz CT molecular complexity index is 71.4. The highest BCUT2D eigenvalue weighted by Crippen LogP contribution is 1.65. The van der Waals surface area contributed by atoms with Gasteiger partial charge in [-0.25, -0.2) is 0 Å². The van der Waals surface area contributed by atoms with Crippen LogP contribution in [0.3, 0.4) is 0 Å². The molecule has 4 nitrogen and oxygen atoms in total. The summed E-state index contributed by atoms with van der Waals surface area (Å²) < 4.78 is 0. The van der Waals surface area contributed by atoms with Crippen molar-refractivity contribution >= 4 is 6.34 Å². The molecule has 0 bridgehead atoms. The quantitative estimate of drug-likeness (QED) is 0.355. The van der Waals surface area contributed by atoms with Crippen LogP contribution < -0.4 is 16.1 Å². The summed E-state index contributed by atoms with van der Waals surface area (Å²) in [5, 5.41) is 9.38.